The summed E-state index contributed by atoms with van der Waals surface area (Å²) in [5.74, 6) is 2.62. The number of hydrogen-bond donors (Lipinski definition) is 0. The van der Waals surface area contributed by atoms with Crippen LogP contribution in [-0.4, -0.2) is 66.9 Å². The van der Waals surface area contributed by atoms with Crippen molar-refractivity contribution in [2.24, 2.45) is 10.9 Å². The molecular weight excluding hydrogens is 561 g/mol. The van der Waals surface area contributed by atoms with Crippen LogP contribution in [0.3, 0.4) is 0 Å². The zero-order chi connectivity index (χ0) is 30.5. The smallest absolute Gasteiger partial charge is 0.416 e. The van der Waals surface area contributed by atoms with Gasteiger partial charge in [0.25, 0.3) is 0 Å². The Morgan fingerprint density at radius 1 is 0.864 bits per heavy atom. The van der Waals surface area contributed by atoms with E-state index in [9.17, 15) is 13.2 Å². The molecule has 6 rings (SSSR count). The zero-order valence-corrected chi connectivity index (χ0v) is 25.7. The molecule has 0 amide bonds. The molecule has 3 aliphatic rings. The number of benzene rings is 3. The maximum atomic E-state index is 13.6. The van der Waals surface area contributed by atoms with E-state index in [1.807, 2.05) is 0 Å². The molecule has 0 aromatic heterocycles. The maximum Gasteiger partial charge on any atom is 0.416 e. The number of rotatable bonds is 9. The number of ether oxygens (including phenoxy) is 1. The number of aryl methyl sites for hydroxylation is 1. The van der Waals surface area contributed by atoms with Gasteiger partial charge in [0.2, 0.25) is 0 Å². The summed E-state index contributed by atoms with van der Waals surface area (Å²) in [6, 6.07) is 21.1. The number of piperidine rings is 1. The Balaban J connectivity index is 0.960. The lowest BCUT2D eigenvalue weighted by Gasteiger charge is -2.32. The first kappa shape index (κ1) is 30.7. The van der Waals surface area contributed by atoms with Crippen molar-refractivity contribution in [3.8, 4) is 5.75 Å². The second kappa shape index (κ2) is 13.7. The molecule has 3 aliphatic heterocycles. The van der Waals surface area contributed by atoms with Gasteiger partial charge in [-0.2, -0.15) is 13.2 Å². The fraction of sp³-hybridized carbons (Fsp3) is 0.472. The van der Waals surface area contributed by atoms with Gasteiger partial charge in [0.05, 0.1) is 18.7 Å². The fourth-order valence-electron chi connectivity index (χ4n) is 6.85. The number of amidine groups is 1. The third kappa shape index (κ3) is 7.64. The highest BCUT2D eigenvalue weighted by Crippen LogP contribution is 2.33. The quantitative estimate of drug-likeness (QED) is 0.263. The molecule has 3 aromatic carbocycles. The van der Waals surface area contributed by atoms with E-state index in [4.69, 9.17) is 4.74 Å². The second-order valence-electron chi connectivity index (χ2n) is 12.6. The fourth-order valence-corrected chi connectivity index (χ4v) is 6.85. The highest BCUT2D eigenvalue weighted by atomic mass is 19.4. The lowest BCUT2D eigenvalue weighted by atomic mass is 9.93. The number of likely N-dealkylation sites (N-methyl/N-ethyl adjacent to an activating group) is 1. The summed E-state index contributed by atoms with van der Waals surface area (Å²) in [7, 11) is 2.10. The third-order valence-electron chi connectivity index (χ3n) is 9.39. The van der Waals surface area contributed by atoms with Crippen molar-refractivity contribution in [1.29, 1.82) is 0 Å². The van der Waals surface area contributed by atoms with Crippen molar-refractivity contribution in [3.05, 3.63) is 100 Å². The van der Waals surface area contributed by atoms with Crippen LogP contribution in [0.1, 0.15) is 59.1 Å². The predicted octanol–water partition coefficient (Wildman–Crippen LogP) is 7.03. The van der Waals surface area contributed by atoms with Gasteiger partial charge in [-0.05, 0) is 98.1 Å². The Kier molecular flexibility index (Phi) is 9.57. The first-order valence-corrected chi connectivity index (χ1v) is 16.0. The largest absolute Gasteiger partial charge is 0.494 e. The lowest BCUT2D eigenvalue weighted by molar-refractivity contribution is -0.138. The maximum absolute atomic E-state index is 13.6. The van der Waals surface area contributed by atoms with E-state index in [1.165, 1.54) is 41.7 Å². The Morgan fingerprint density at radius 3 is 2.41 bits per heavy atom. The van der Waals surface area contributed by atoms with Crippen molar-refractivity contribution in [2.75, 3.05) is 46.4 Å². The summed E-state index contributed by atoms with van der Waals surface area (Å²) in [4.78, 5) is 11.5. The van der Waals surface area contributed by atoms with Crippen LogP contribution in [0.2, 0.25) is 0 Å². The van der Waals surface area contributed by atoms with Crippen LogP contribution < -0.4 is 4.74 Å². The topological polar surface area (TPSA) is 31.3 Å². The average Bonchev–Trinajstić information content (AvgIpc) is 3.34. The molecule has 5 nitrogen and oxygen atoms in total. The summed E-state index contributed by atoms with van der Waals surface area (Å²) in [6.07, 6.45) is 0.923. The van der Waals surface area contributed by atoms with Crippen LogP contribution in [0.4, 0.5) is 13.2 Å². The van der Waals surface area contributed by atoms with E-state index in [0.29, 0.717) is 24.6 Å². The third-order valence-corrected chi connectivity index (χ3v) is 9.39. The SMILES string of the molecule is CN1CCN=C1c1ccc(CN2CCC(CCOc3ccc4c(c3)CN(Cc3ccccc3C(F)(F)F)CCC4)CC2)cc1. The Labute approximate surface area is 259 Å². The highest BCUT2D eigenvalue weighted by molar-refractivity contribution is 5.99. The van der Waals surface area contributed by atoms with Gasteiger partial charge in [0.1, 0.15) is 11.6 Å². The van der Waals surface area contributed by atoms with Crippen LogP contribution >= 0.6 is 0 Å². The standard InChI is InChI=1S/C36H43F3N4O/c1-41-21-17-40-35(41)30-10-8-28(9-11-30)24-42-19-14-27(15-20-42)16-22-44-33-13-12-29-6-4-18-43(26-32(29)23-33)25-31-5-2-3-7-34(31)36(37,38)39/h2-3,5,7-13,23,27H,4,6,14-22,24-26H2,1H3. The molecule has 8 heteroatoms. The molecule has 3 aromatic rings. The number of hydrogen-bond acceptors (Lipinski definition) is 5. The molecular formula is C36H43F3N4O. The highest BCUT2D eigenvalue weighted by Gasteiger charge is 2.33. The number of halogens is 3. The monoisotopic (exact) mass is 604 g/mol. The lowest BCUT2D eigenvalue weighted by Crippen LogP contribution is -2.33. The van der Waals surface area contributed by atoms with Crippen molar-refractivity contribution < 1.29 is 17.9 Å². The first-order valence-electron chi connectivity index (χ1n) is 16.0. The normalized spacial score (nSPS) is 18.6. The van der Waals surface area contributed by atoms with Crippen molar-refractivity contribution >= 4 is 5.84 Å². The van der Waals surface area contributed by atoms with E-state index < -0.39 is 11.7 Å². The Morgan fingerprint density at radius 2 is 1.66 bits per heavy atom. The summed E-state index contributed by atoms with van der Waals surface area (Å²) < 4.78 is 46.9. The molecule has 0 saturated carbocycles. The minimum Gasteiger partial charge on any atom is -0.494 e. The van der Waals surface area contributed by atoms with Crippen LogP contribution in [0.25, 0.3) is 0 Å². The number of fused-ring (bicyclic) bond motifs is 1. The Bertz CT molecular complexity index is 1430. The molecule has 0 N–H and O–H groups in total. The average molecular weight is 605 g/mol. The summed E-state index contributed by atoms with van der Waals surface area (Å²) in [5, 5.41) is 0. The number of likely N-dealkylation sites (tertiary alicyclic amines) is 1. The molecule has 1 saturated heterocycles. The molecule has 234 valence electrons. The number of aliphatic imine (C=N–C) groups is 1. The van der Waals surface area contributed by atoms with Gasteiger partial charge < -0.3 is 9.64 Å². The van der Waals surface area contributed by atoms with Gasteiger partial charge in [0.15, 0.2) is 0 Å². The van der Waals surface area contributed by atoms with Crippen LogP contribution in [0.15, 0.2) is 71.7 Å². The first-order chi connectivity index (χ1) is 21.3. The minimum absolute atomic E-state index is 0.289. The van der Waals surface area contributed by atoms with Crippen molar-refractivity contribution in [3.63, 3.8) is 0 Å². The van der Waals surface area contributed by atoms with Crippen LogP contribution in [0.5, 0.6) is 5.75 Å². The van der Waals surface area contributed by atoms with Crippen molar-refractivity contribution in [2.45, 2.75) is 57.9 Å². The van der Waals surface area contributed by atoms with E-state index in [-0.39, 0.29) is 6.54 Å². The van der Waals surface area contributed by atoms with Gasteiger partial charge >= 0.3 is 6.18 Å². The molecule has 0 radical (unpaired) electrons. The van der Waals surface area contributed by atoms with Gasteiger partial charge in [-0.3, -0.25) is 14.8 Å². The van der Waals surface area contributed by atoms with E-state index in [2.05, 4.69) is 69.2 Å². The molecule has 0 atom stereocenters. The van der Waals surface area contributed by atoms with Gasteiger partial charge in [0, 0.05) is 38.8 Å². The zero-order valence-electron chi connectivity index (χ0n) is 25.7. The van der Waals surface area contributed by atoms with Crippen molar-refractivity contribution in [1.82, 2.24) is 14.7 Å². The van der Waals surface area contributed by atoms with Crippen LogP contribution in [-0.2, 0) is 32.2 Å². The molecule has 44 heavy (non-hydrogen) atoms. The van der Waals surface area contributed by atoms with Crippen LogP contribution in [0, 0.1) is 5.92 Å². The molecule has 3 heterocycles. The summed E-state index contributed by atoms with van der Waals surface area (Å²) in [5.41, 5.74) is 4.78. The number of nitrogens with zero attached hydrogens (tertiary/aromatic N) is 4. The molecule has 0 spiro atoms. The molecule has 0 unspecified atom stereocenters. The predicted molar refractivity (Wildman–Crippen MR) is 169 cm³/mol. The van der Waals surface area contributed by atoms with Gasteiger partial charge in [-0.25, -0.2) is 0 Å². The minimum atomic E-state index is -4.34. The summed E-state index contributed by atoms with van der Waals surface area (Å²) in [6.45, 7) is 7.45. The molecule has 0 bridgehead atoms. The molecule has 0 aliphatic carbocycles. The van der Waals surface area contributed by atoms with Gasteiger partial charge in [-0.1, -0.05) is 48.5 Å². The van der Waals surface area contributed by atoms with E-state index in [1.54, 1.807) is 12.1 Å². The molecule has 1 fully saturated rings. The second-order valence-corrected chi connectivity index (χ2v) is 12.6. The summed E-state index contributed by atoms with van der Waals surface area (Å²) >= 11 is 0. The van der Waals surface area contributed by atoms with E-state index in [0.717, 1.165) is 75.7 Å². The Hall–Kier alpha value is -3.36. The van der Waals surface area contributed by atoms with E-state index >= 15 is 0 Å². The van der Waals surface area contributed by atoms with Gasteiger partial charge in [-0.15, -0.1) is 0 Å². The number of alkyl halides is 3.